The smallest absolute Gasteiger partial charge is 0.258 e. The highest BCUT2D eigenvalue weighted by atomic mass is 16.3. The Balaban J connectivity index is 2.06. The molecule has 2 atom stereocenters. The topological polar surface area (TPSA) is 66.0 Å². The van der Waals surface area contributed by atoms with E-state index in [4.69, 9.17) is 0 Å². The molecule has 1 aromatic heterocycles. The molecule has 0 bridgehead atoms. The number of nitrogens with zero attached hydrogens (tertiary/aromatic N) is 1. The van der Waals surface area contributed by atoms with E-state index in [0.29, 0.717) is 23.1 Å². The van der Waals surface area contributed by atoms with Crippen LogP contribution in [0.1, 0.15) is 36.8 Å². The second-order valence-electron chi connectivity index (χ2n) is 5.34. The van der Waals surface area contributed by atoms with E-state index in [-0.39, 0.29) is 11.5 Å². The average molecular weight is 294 g/mol. The van der Waals surface area contributed by atoms with Crippen LogP contribution >= 0.6 is 0 Å². The molecule has 0 fully saturated rings. The monoisotopic (exact) mass is 294 g/mol. The maximum atomic E-state index is 12.2. The Hall–Kier alpha value is -2.46. The molecule has 0 aliphatic heterocycles. The molecule has 0 aliphatic carbocycles. The van der Waals surface area contributed by atoms with Crippen molar-refractivity contribution in [2.45, 2.75) is 25.4 Å². The first-order chi connectivity index (χ1) is 10.7. The highest BCUT2D eigenvalue weighted by Crippen LogP contribution is 2.31. The van der Waals surface area contributed by atoms with Crippen molar-refractivity contribution in [2.24, 2.45) is 0 Å². The van der Waals surface area contributed by atoms with Gasteiger partial charge in [0.2, 0.25) is 0 Å². The largest absolute Gasteiger partial charge is 0.388 e. The normalized spacial score (nSPS) is 13.9. The molecule has 22 heavy (non-hydrogen) atoms. The lowest BCUT2D eigenvalue weighted by atomic mass is 9.92. The Bertz CT molecular complexity index is 827. The molecule has 0 amide bonds. The molecule has 3 aromatic rings. The molecule has 2 N–H and O–H groups in total. The van der Waals surface area contributed by atoms with E-state index in [1.807, 2.05) is 55.5 Å². The third-order valence-electron chi connectivity index (χ3n) is 3.94. The number of fused-ring (bicyclic) bond motifs is 1. The fourth-order valence-corrected chi connectivity index (χ4v) is 2.73. The van der Waals surface area contributed by atoms with Crippen molar-refractivity contribution in [3.63, 3.8) is 0 Å². The number of aliphatic hydroxyl groups excluding tert-OH is 1. The fraction of sp³-hybridized carbons (Fsp3) is 0.222. The van der Waals surface area contributed by atoms with Gasteiger partial charge in [0.05, 0.1) is 17.0 Å². The van der Waals surface area contributed by atoms with Gasteiger partial charge in [0.15, 0.2) is 0 Å². The summed E-state index contributed by atoms with van der Waals surface area (Å²) in [5.74, 6) is 0.280. The number of nitrogens with one attached hydrogen (secondary N) is 1. The van der Waals surface area contributed by atoms with Crippen molar-refractivity contribution < 1.29 is 5.11 Å². The second-order valence-corrected chi connectivity index (χ2v) is 5.34. The molecule has 4 nitrogen and oxygen atoms in total. The van der Waals surface area contributed by atoms with Gasteiger partial charge in [-0.05, 0) is 24.1 Å². The number of rotatable bonds is 4. The number of H-pyrrole nitrogens is 1. The van der Waals surface area contributed by atoms with Gasteiger partial charge in [-0.25, -0.2) is 4.98 Å². The van der Waals surface area contributed by atoms with Gasteiger partial charge in [-0.15, -0.1) is 0 Å². The van der Waals surface area contributed by atoms with E-state index in [0.717, 1.165) is 5.56 Å². The van der Waals surface area contributed by atoms with E-state index < -0.39 is 6.10 Å². The highest BCUT2D eigenvalue weighted by molar-refractivity contribution is 5.77. The SMILES string of the molecule is CCC(c1nc2ccccc2c(=O)[nH]1)C(O)c1ccccc1. The van der Waals surface area contributed by atoms with Crippen LogP contribution in [0.5, 0.6) is 0 Å². The summed E-state index contributed by atoms with van der Waals surface area (Å²) in [6.07, 6.45) is -0.0207. The first-order valence-corrected chi connectivity index (χ1v) is 7.42. The molecule has 112 valence electrons. The lowest BCUT2D eigenvalue weighted by Gasteiger charge is -2.21. The van der Waals surface area contributed by atoms with Gasteiger partial charge >= 0.3 is 0 Å². The summed E-state index contributed by atoms with van der Waals surface area (Å²) in [6, 6.07) is 16.7. The Morgan fingerprint density at radius 1 is 1.09 bits per heavy atom. The van der Waals surface area contributed by atoms with Crippen LogP contribution < -0.4 is 5.56 Å². The zero-order valence-corrected chi connectivity index (χ0v) is 12.4. The van der Waals surface area contributed by atoms with Crippen LogP contribution in [-0.4, -0.2) is 15.1 Å². The summed E-state index contributed by atoms with van der Waals surface area (Å²) in [7, 11) is 0. The van der Waals surface area contributed by atoms with E-state index >= 15 is 0 Å². The van der Waals surface area contributed by atoms with E-state index in [1.165, 1.54) is 0 Å². The number of aromatic amines is 1. The number of hydrogen-bond donors (Lipinski definition) is 2. The van der Waals surface area contributed by atoms with E-state index in [1.54, 1.807) is 6.07 Å². The van der Waals surface area contributed by atoms with Gasteiger partial charge in [0.25, 0.3) is 5.56 Å². The summed E-state index contributed by atoms with van der Waals surface area (Å²) in [5.41, 5.74) is 1.31. The molecule has 0 saturated heterocycles. The van der Waals surface area contributed by atoms with Crippen LogP contribution in [0.15, 0.2) is 59.4 Å². The van der Waals surface area contributed by atoms with Gasteiger partial charge < -0.3 is 10.1 Å². The third kappa shape index (κ3) is 2.65. The minimum absolute atomic E-state index is 0.167. The summed E-state index contributed by atoms with van der Waals surface area (Å²) in [4.78, 5) is 19.6. The maximum absolute atomic E-state index is 12.2. The molecule has 2 aromatic carbocycles. The fourth-order valence-electron chi connectivity index (χ4n) is 2.73. The first kappa shape index (κ1) is 14.5. The molecular formula is C18H18N2O2. The van der Waals surface area contributed by atoms with Gasteiger partial charge in [-0.2, -0.15) is 0 Å². The standard InChI is InChI=1S/C18H18N2O2/c1-2-13(16(21)12-8-4-3-5-9-12)17-19-15-11-7-6-10-14(15)18(22)20-17/h3-11,13,16,21H,2H2,1H3,(H,19,20,22). The number of para-hydroxylation sites is 1. The van der Waals surface area contributed by atoms with Crippen LogP contribution in [0.4, 0.5) is 0 Å². The van der Waals surface area contributed by atoms with Crippen LogP contribution in [0.25, 0.3) is 10.9 Å². The lowest BCUT2D eigenvalue weighted by Crippen LogP contribution is -2.19. The molecular weight excluding hydrogens is 276 g/mol. The molecule has 0 aliphatic rings. The Labute approximate surface area is 128 Å². The minimum Gasteiger partial charge on any atom is -0.388 e. The molecule has 3 rings (SSSR count). The number of benzene rings is 2. The molecule has 0 spiro atoms. The van der Waals surface area contributed by atoms with Crippen molar-refractivity contribution in [1.82, 2.24) is 9.97 Å². The van der Waals surface area contributed by atoms with Crippen molar-refractivity contribution in [3.8, 4) is 0 Å². The predicted octanol–water partition coefficient (Wildman–Crippen LogP) is 3.15. The van der Waals surface area contributed by atoms with Gasteiger partial charge in [-0.1, -0.05) is 49.4 Å². The number of aliphatic hydroxyl groups is 1. The Morgan fingerprint density at radius 3 is 2.50 bits per heavy atom. The van der Waals surface area contributed by atoms with E-state index in [2.05, 4.69) is 9.97 Å². The summed E-state index contributed by atoms with van der Waals surface area (Å²) >= 11 is 0. The highest BCUT2D eigenvalue weighted by Gasteiger charge is 2.23. The lowest BCUT2D eigenvalue weighted by molar-refractivity contribution is 0.139. The van der Waals surface area contributed by atoms with Crippen molar-refractivity contribution in [1.29, 1.82) is 0 Å². The Kier molecular flexibility index (Phi) is 4.02. The Morgan fingerprint density at radius 2 is 1.77 bits per heavy atom. The van der Waals surface area contributed by atoms with Gasteiger partial charge in [-0.3, -0.25) is 4.79 Å². The molecule has 0 saturated carbocycles. The molecule has 2 unspecified atom stereocenters. The molecule has 0 radical (unpaired) electrons. The predicted molar refractivity (Wildman–Crippen MR) is 86.8 cm³/mol. The molecule has 1 heterocycles. The maximum Gasteiger partial charge on any atom is 0.258 e. The number of aromatic nitrogens is 2. The molecule has 4 heteroatoms. The second kappa shape index (κ2) is 6.12. The third-order valence-corrected chi connectivity index (χ3v) is 3.94. The van der Waals surface area contributed by atoms with Crippen LogP contribution in [0, 0.1) is 0 Å². The summed E-state index contributed by atoms with van der Waals surface area (Å²) in [5, 5.41) is 11.2. The summed E-state index contributed by atoms with van der Waals surface area (Å²) < 4.78 is 0. The quantitative estimate of drug-likeness (QED) is 0.777. The van der Waals surface area contributed by atoms with Gasteiger partial charge in [0.1, 0.15) is 5.82 Å². The summed E-state index contributed by atoms with van der Waals surface area (Å²) in [6.45, 7) is 1.98. The zero-order chi connectivity index (χ0) is 15.5. The minimum atomic E-state index is -0.699. The number of hydrogen-bond acceptors (Lipinski definition) is 3. The van der Waals surface area contributed by atoms with E-state index in [9.17, 15) is 9.90 Å². The van der Waals surface area contributed by atoms with Crippen LogP contribution in [0.2, 0.25) is 0 Å². The average Bonchev–Trinajstić information content (AvgIpc) is 2.56. The van der Waals surface area contributed by atoms with Crippen LogP contribution in [0.3, 0.4) is 0 Å². The zero-order valence-electron chi connectivity index (χ0n) is 12.4. The van der Waals surface area contributed by atoms with Crippen molar-refractivity contribution >= 4 is 10.9 Å². The van der Waals surface area contributed by atoms with Gasteiger partial charge in [0, 0.05) is 5.92 Å². The van der Waals surface area contributed by atoms with Crippen molar-refractivity contribution in [3.05, 3.63) is 76.3 Å². The first-order valence-electron chi connectivity index (χ1n) is 7.42. The van der Waals surface area contributed by atoms with Crippen LogP contribution in [-0.2, 0) is 0 Å². The van der Waals surface area contributed by atoms with Crippen molar-refractivity contribution in [2.75, 3.05) is 0 Å².